The van der Waals surface area contributed by atoms with Gasteiger partial charge in [0.15, 0.2) is 0 Å². The third kappa shape index (κ3) is 8.44. The van der Waals surface area contributed by atoms with Crippen LogP contribution in [0.4, 0.5) is 27.3 Å². The van der Waals surface area contributed by atoms with Crippen LogP contribution in [0.25, 0.3) is 16.6 Å². The van der Waals surface area contributed by atoms with Crippen molar-refractivity contribution in [2.75, 3.05) is 54.8 Å². The summed E-state index contributed by atoms with van der Waals surface area (Å²) in [7, 11) is 1.55. The van der Waals surface area contributed by atoms with Crippen LogP contribution in [0.5, 0.6) is 0 Å². The first-order valence-corrected chi connectivity index (χ1v) is 22.9. The fourth-order valence-electron chi connectivity index (χ4n) is 9.65. The van der Waals surface area contributed by atoms with E-state index < -0.39 is 22.6 Å². The van der Waals surface area contributed by atoms with Crippen molar-refractivity contribution in [1.29, 1.82) is 0 Å². The number of likely N-dealkylation sites (tertiary alicyclic amines) is 1. The Morgan fingerprint density at radius 1 is 0.806 bits per heavy atom. The van der Waals surface area contributed by atoms with Gasteiger partial charge in [-0.2, -0.15) is 0 Å². The van der Waals surface area contributed by atoms with E-state index >= 15 is 4.39 Å². The van der Waals surface area contributed by atoms with E-state index in [1.165, 1.54) is 19.8 Å². The second kappa shape index (κ2) is 17.5. The predicted octanol–water partition coefficient (Wildman–Crippen LogP) is 6.54. The van der Waals surface area contributed by atoms with Crippen molar-refractivity contribution in [3.05, 3.63) is 118 Å². The molecule has 0 bridgehead atoms. The minimum absolute atomic E-state index is 0.117. The van der Waals surface area contributed by atoms with E-state index in [1.54, 1.807) is 26.1 Å². The Morgan fingerprint density at radius 2 is 1.53 bits per heavy atom. The zero-order valence-electron chi connectivity index (χ0n) is 35.1. The van der Waals surface area contributed by atoms with E-state index in [0.29, 0.717) is 46.8 Å². The van der Waals surface area contributed by atoms with Crippen molar-refractivity contribution in [2.45, 2.75) is 70.3 Å². The number of pyridine rings is 1. The van der Waals surface area contributed by atoms with Gasteiger partial charge in [-0.25, -0.2) is 9.18 Å². The molecule has 13 nitrogen and oxygen atoms in total. The van der Waals surface area contributed by atoms with Crippen molar-refractivity contribution in [3.8, 4) is 5.69 Å². The van der Waals surface area contributed by atoms with Crippen molar-refractivity contribution in [1.82, 2.24) is 23.9 Å². The number of aryl methyl sites for hydroxylation is 1. The number of nitrogens with one attached hydrogen (secondary N) is 3. The molecule has 1 atom stereocenters. The lowest BCUT2D eigenvalue weighted by Crippen LogP contribution is -2.42. The number of hydrogen-bond donors (Lipinski definition) is 3. The summed E-state index contributed by atoms with van der Waals surface area (Å²) in [5.41, 5.74) is 2.67. The monoisotopic (exact) mass is 954 g/mol. The third-order valence-corrected chi connectivity index (χ3v) is 14.0. The van der Waals surface area contributed by atoms with E-state index in [4.69, 9.17) is 0 Å². The number of carbonyl (C=O) groups excluding carboxylic acids is 2. The molecule has 5 heterocycles. The SMILES string of the molecule is Cc1c(=O)n(C)c(Nc2ccc(I)cc2F)c2c(=O)n(C3CC3)c(=O)n(-c3cccc(NCC4CCN(CC5CCN(c6cccc(C7CCC(=O)NC7=O)c6)CC5)CC4)c3)c12. The lowest BCUT2D eigenvalue weighted by Gasteiger charge is -2.38. The minimum Gasteiger partial charge on any atom is -0.385 e. The quantitative estimate of drug-likeness (QED) is 0.0995. The van der Waals surface area contributed by atoms with Crippen LogP contribution >= 0.6 is 22.6 Å². The molecule has 3 aromatic carbocycles. The number of anilines is 4. The lowest BCUT2D eigenvalue weighted by molar-refractivity contribution is -0.134. The summed E-state index contributed by atoms with van der Waals surface area (Å²) in [4.78, 5) is 71.5. The maximum atomic E-state index is 15.2. The Labute approximate surface area is 372 Å². The first kappa shape index (κ1) is 42.0. The van der Waals surface area contributed by atoms with Gasteiger partial charge in [0, 0.05) is 66.2 Å². The lowest BCUT2D eigenvalue weighted by atomic mass is 9.89. The van der Waals surface area contributed by atoms with Gasteiger partial charge in [0.2, 0.25) is 11.8 Å². The molecule has 62 heavy (non-hydrogen) atoms. The van der Waals surface area contributed by atoms with Crippen LogP contribution in [0.2, 0.25) is 0 Å². The maximum absolute atomic E-state index is 15.2. The number of rotatable bonds is 11. The molecule has 2 amide bonds. The van der Waals surface area contributed by atoms with Crippen LogP contribution < -0.4 is 37.7 Å². The van der Waals surface area contributed by atoms with Gasteiger partial charge in [-0.1, -0.05) is 18.2 Å². The molecular weight excluding hydrogens is 902 g/mol. The minimum atomic E-state index is -0.524. The fraction of sp³-hybridized carbons (Fsp3) is 0.426. The maximum Gasteiger partial charge on any atom is 0.336 e. The fourth-order valence-corrected chi connectivity index (χ4v) is 10.1. The highest BCUT2D eigenvalue weighted by atomic mass is 127. The topological polar surface area (TPSA) is 143 Å². The molecule has 3 saturated heterocycles. The van der Waals surface area contributed by atoms with Gasteiger partial charge >= 0.3 is 5.69 Å². The number of piperidine rings is 3. The van der Waals surface area contributed by atoms with Gasteiger partial charge in [0.05, 0.1) is 22.8 Å². The van der Waals surface area contributed by atoms with Gasteiger partial charge in [-0.3, -0.25) is 38.2 Å². The summed E-state index contributed by atoms with van der Waals surface area (Å²) in [6, 6.07) is 20.3. The van der Waals surface area contributed by atoms with Crippen LogP contribution in [-0.4, -0.2) is 69.7 Å². The molecule has 4 aliphatic rings. The van der Waals surface area contributed by atoms with E-state index in [2.05, 4.69) is 37.9 Å². The first-order chi connectivity index (χ1) is 29.9. The number of nitrogens with zero attached hydrogens (tertiary/aromatic N) is 5. The van der Waals surface area contributed by atoms with Gasteiger partial charge in [0.1, 0.15) is 17.0 Å². The molecular formula is C47H52FIN8O5. The van der Waals surface area contributed by atoms with Crippen LogP contribution in [0, 0.1) is 28.1 Å². The van der Waals surface area contributed by atoms with Crippen molar-refractivity contribution in [2.24, 2.45) is 18.9 Å². The zero-order chi connectivity index (χ0) is 43.2. The molecule has 4 fully saturated rings. The number of amides is 2. The van der Waals surface area contributed by atoms with E-state index in [0.717, 1.165) is 81.9 Å². The highest BCUT2D eigenvalue weighted by Crippen LogP contribution is 2.35. The Morgan fingerprint density at radius 3 is 2.26 bits per heavy atom. The summed E-state index contributed by atoms with van der Waals surface area (Å²) in [5, 5.41) is 9.30. The van der Waals surface area contributed by atoms with Crippen molar-refractivity contribution >= 4 is 68.2 Å². The van der Waals surface area contributed by atoms with Gasteiger partial charge in [0.25, 0.3) is 11.1 Å². The van der Waals surface area contributed by atoms with Crippen LogP contribution in [0.3, 0.4) is 0 Å². The number of aromatic nitrogens is 3. The van der Waals surface area contributed by atoms with Crippen LogP contribution in [-0.2, 0) is 16.6 Å². The molecule has 0 spiro atoms. The summed E-state index contributed by atoms with van der Waals surface area (Å²) >= 11 is 2.03. The van der Waals surface area contributed by atoms with Crippen LogP contribution in [0.1, 0.15) is 74.5 Å². The normalized spacial score (nSPS) is 19.2. The molecule has 2 aromatic heterocycles. The average molecular weight is 955 g/mol. The standard InChI is InChI=1S/C47H52FIN8O5/c1-28-42-41(43(53(2)45(28)60)51-39-13-9-32(49)24-38(39)48)46(61)57(34-10-11-34)47(62)56(42)36-8-4-6-33(25-36)50-26-29-15-19-54(20-16-29)27-30-17-21-55(22-18-30)35-7-3-5-31(23-35)37-12-14-40(58)52-44(37)59/h3-9,13,23-25,29-30,34,37,50-51H,10-12,14-22,26-27H2,1-2H3,(H,52,58,59). The predicted molar refractivity (Wildman–Crippen MR) is 249 cm³/mol. The smallest absolute Gasteiger partial charge is 0.336 e. The Balaban J connectivity index is 0.853. The van der Waals surface area contributed by atoms with E-state index in [9.17, 15) is 24.0 Å². The van der Waals surface area contributed by atoms with Gasteiger partial charge in [-0.15, -0.1) is 0 Å². The highest BCUT2D eigenvalue weighted by molar-refractivity contribution is 14.1. The molecule has 1 aliphatic carbocycles. The number of hydrogen-bond acceptors (Lipinski definition) is 9. The summed E-state index contributed by atoms with van der Waals surface area (Å²) < 4.78 is 20.0. The Kier molecular flexibility index (Phi) is 11.8. The number of carbonyl (C=O) groups is 2. The Bertz CT molecular complexity index is 2750. The number of halogens is 2. The van der Waals surface area contributed by atoms with Gasteiger partial charge in [-0.05, 0) is 153 Å². The molecule has 1 saturated carbocycles. The summed E-state index contributed by atoms with van der Waals surface area (Å²) in [5.74, 6) is 0.0537. The molecule has 0 radical (unpaired) electrons. The number of imide groups is 1. The van der Waals surface area contributed by atoms with Crippen LogP contribution in [0.15, 0.2) is 81.1 Å². The second-order valence-electron chi connectivity index (χ2n) is 17.5. The largest absolute Gasteiger partial charge is 0.385 e. The Hall–Kier alpha value is -5.29. The summed E-state index contributed by atoms with van der Waals surface area (Å²) in [6.07, 6.45) is 6.72. The average Bonchev–Trinajstić information content (AvgIpc) is 4.11. The molecule has 9 rings (SSSR count). The molecule has 1 unspecified atom stereocenters. The summed E-state index contributed by atoms with van der Waals surface area (Å²) in [6.45, 7) is 7.54. The molecule has 3 aliphatic heterocycles. The first-order valence-electron chi connectivity index (χ1n) is 21.8. The van der Waals surface area contributed by atoms with E-state index in [-0.39, 0.29) is 51.7 Å². The van der Waals surface area contributed by atoms with Gasteiger partial charge < -0.3 is 20.4 Å². The zero-order valence-corrected chi connectivity index (χ0v) is 37.3. The number of benzene rings is 3. The molecule has 3 N–H and O–H groups in total. The van der Waals surface area contributed by atoms with E-state index in [1.807, 2.05) is 59.0 Å². The van der Waals surface area contributed by atoms with Crippen molar-refractivity contribution < 1.29 is 14.0 Å². The van der Waals surface area contributed by atoms with Crippen molar-refractivity contribution in [3.63, 3.8) is 0 Å². The second-order valence-corrected chi connectivity index (χ2v) is 18.8. The highest BCUT2D eigenvalue weighted by Gasteiger charge is 2.33. The number of fused-ring (bicyclic) bond motifs is 1. The molecule has 5 aromatic rings. The third-order valence-electron chi connectivity index (χ3n) is 13.4. The molecule has 15 heteroatoms. The molecule has 324 valence electrons.